The zero-order chi connectivity index (χ0) is 20.1. The van der Waals surface area contributed by atoms with E-state index in [2.05, 4.69) is 5.32 Å². The average molecular weight is 395 g/mol. The summed E-state index contributed by atoms with van der Waals surface area (Å²) in [4.78, 5) is 34.7. The van der Waals surface area contributed by atoms with Crippen LogP contribution in [0.3, 0.4) is 0 Å². The molecule has 0 aliphatic heterocycles. The van der Waals surface area contributed by atoms with Crippen LogP contribution in [-0.2, 0) is 9.53 Å². The standard InChI is InChI=1S/C17H15ClN2O7/c1-26-14-6-3-9(7-13(14)21)15(17(23)27-2)19-16(22)11-5-4-10(20(24)25)8-12(11)18/h3-8,15,21H,1-2H3,(H,19,22)/t15-/m0/s1. The van der Waals surface area contributed by atoms with Crippen molar-refractivity contribution in [3.8, 4) is 11.5 Å². The molecule has 2 aromatic rings. The number of hydrogen-bond acceptors (Lipinski definition) is 7. The van der Waals surface area contributed by atoms with Gasteiger partial charge in [0.05, 0.1) is 29.7 Å². The number of methoxy groups -OCH3 is 2. The van der Waals surface area contributed by atoms with Crippen LogP contribution >= 0.6 is 11.6 Å². The molecule has 0 radical (unpaired) electrons. The number of esters is 1. The average Bonchev–Trinajstić information content (AvgIpc) is 2.65. The summed E-state index contributed by atoms with van der Waals surface area (Å²) in [6.07, 6.45) is 0. The Hall–Kier alpha value is -3.33. The number of halogens is 1. The molecule has 0 unspecified atom stereocenters. The van der Waals surface area contributed by atoms with Crippen LogP contribution < -0.4 is 10.1 Å². The number of hydrogen-bond donors (Lipinski definition) is 2. The molecule has 0 fully saturated rings. The highest BCUT2D eigenvalue weighted by Crippen LogP contribution is 2.30. The molecule has 0 spiro atoms. The van der Waals surface area contributed by atoms with E-state index < -0.39 is 22.8 Å². The van der Waals surface area contributed by atoms with E-state index in [9.17, 15) is 24.8 Å². The van der Waals surface area contributed by atoms with E-state index in [0.717, 1.165) is 19.2 Å². The van der Waals surface area contributed by atoms with Crippen molar-refractivity contribution in [2.75, 3.05) is 14.2 Å². The maximum absolute atomic E-state index is 12.5. The lowest BCUT2D eigenvalue weighted by Crippen LogP contribution is -2.34. The molecule has 0 saturated carbocycles. The zero-order valence-corrected chi connectivity index (χ0v) is 15.0. The number of carbonyl (C=O) groups is 2. The summed E-state index contributed by atoms with van der Waals surface area (Å²) < 4.78 is 9.63. The third kappa shape index (κ3) is 4.45. The third-order valence-corrected chi connectivity index (χ3v) is 3.97. The Labute approximate surface area is 158 Å². The molecule has 2 aromatic carbocycles. The van der Waals surface area contributed by atoms with Crippen molar-refractivity contribution in [1.82, 2.24) is 5.32 Å². The molecule has 0 heterocycles. The molecule has 10 heteroatoms. The first-order chi connectivity index (χ1) is 12.8. The molecule has 27 heavy (non-hydrogen) atoms. The van der Waals surface area contributed by atoms with E-state index in [4.69, 9.17) is 21.1 Å². The van der Waals surface area contributed by atoms with Crippen molar-refractivity contribution >= 4 is 29.2 Å². The molecule has 9 nitrogen and oxygen atoms in total. The number of aromatic hydroxyl groups is 1. The van der Waals surface area contributed by atoms with Gasteiger partial charge in [-0.25, -0.2) is 4.79 Å². The minimum Gasteiger partial charge on any atom is -0.504 e. The number of ether oxygens (including phenoxy) is 2. The number of phenolic OH excluding ortho intramolecular Hbond substituents is 1. The van der Waals surface area contributed by atoms with Crippen LogP contribution in [0.5, 0.6) is 11.5 Å². The molecule has 1 atom stereocenters. The van der Waals surface area contributed by atoms with Gasteiger partial charge in [-0.1, -0.05) is 17.7 Å². The molecule has 0 saturated heterocycles. The van der Waals surface area contributed by atoms with Gasteiger partial charge >= 0.3 is 5.97 Å². The molecule has 0 aromatic heterocycles. The van der Waals surface area contributed by atoms with Crippen LogP contribution in [0.1, 0.15) is 22.0 Å². The van der Waals surface area contributed by atoms with Gasteiger partial charge in [-0.05, 0) is 23.8 Å². The predicted molar refractivity (Wildman–Crippen MR) is 95.0 cm³/mol. The Kier molecular flexibility index (Phi) is 6.19. The Morgan fingerprint density at radius 1 is 1.22 bits per heavy atom. The number of rotatable bonds is 6. The van der Waals surface area contributed by atoms with E-state index in [1.807, 2.05) is 0 Å². The number of nitrogens with one attached hydrogen (secondary N) is 1. The van der Waals surface area contributed by atoms with Gasteiger partial charge < -0.3 is 19.9 Å². The van der Waals surface area contributed by atoms with Crippen molar-refractivity contribution in [2.45, 2.75) is 6.04 Å². The quantitative estimate of drug-likeness (QED) is 0.437. The fraction of sp³-hybridized carbons (Fsp3) is 0.176. The Balaban J connectivity index is 2.34. The summed E-state index contributed by atoms with van der Waals surface area (Å²) in [6.45, 7) is 0. The second-order valence-electron chi connectivity index (χ2n) is 5.28. The van der Waals surface area contributed by atoms with Crippen LogP contribution in [0.4, 0.5) is 5.69 Å². The number of nitro groups is 1. The number of non-ortho nitro benzene ring substituents is 1. The first-order valence-corrected chi connectivity index (χ1v) is 7.85. The third-order valence-electron chi connectivity index (χ3n) is 3.66. The molecule has 0 aliphatic carbocycles. The fourth-order valence-electron chi connectivity index (χ4n) is 2.29. The number of amides is 1. The predicted octanol–water partition coefficient (Wildman–Crippen LogP) is 2.61. The first-order valence-electron chi connectivity index (χ1n) is 7.48. The highest BCUT2D eigenvalue weighted by molar-refractivity contribution is 6.34. The van der Waals surface area contributed by atoms with Crippen molar-refractivity contribution in [2.24, 2.45) is 0 Å². The SMILES string of the molecule is COC(=O)[C@@H](NC(=O)c1ccc([N+](=O)[O-])cc1Cl)c1ccc(OC)c(O)c1. The van der Waals surface area contributed by atoms with Gasteiger partial charge in [-0.15, -0.1) is 0 Å². The van der Waals surface area contributed by atoms with Gasteiger partial charge in [0.15, 0.2) is 17.5 Å². The lowest BCUT2D eigenvalue weighted by Gasteiger charge is -2.18. The minimum absolute atomic E-state index is 0.0612. The molecule has 2 N–H and O–H groups in total. The van der Waals surface area contributed by atoms with E-state index in [1.54, 1.807) is 0 Å². The topological polar surface area (TPSA) is 128 Å². The fourth-order valence-corrected chi connectivity index (χ4v) is 2.55. The Morgan fingerprint density at radius 2 is 1.93 bits per heavy atom. The van der Waals surface area contributed by atoms with Gasteiger partial charge in [0.25, 0.3) is 11.6 Å². The van der Waals surface area contributed by atoms with E-state index in [1.165, 1.54) is 31.4 Å². The second-order valence-corrected chi connectivity index (χ2v) is 5.69. The summed E-state index contributed by atoms with van der Waals surface area (Å²) in [5, 5.41) is 22.9. The number of carbonyl (C=O) groups excluding carboxylic acids is 2. The molecule has 0 aliphatic rings. The van der Waals surface area contributed by atoms with Gasteiger partial charge in [-0.2, -0.15) is 0 Å². The summed E-state index contributed by atoms with van der Waals surface area (Å²) in [7, 11) is 2.51. The summed E-state index contributed by atoms with van der Waals surface area (Å²) in [5.74, 6) is -1.58. The Morgan fingerprint density at radius 3 is 2.44 bits per heavy atom. The van der Waals surface area contributed by atoms with Gasteiger partial charge in [0, 0.05) is 12.1 Å². The molecule has 1 amide bonds. The van der Waals surface area contributed by atoms with Crippen molar-refractivity contribution in [3.63, 3.8) is 0 Å². The van der Waals surface area contributed by atoms with Crippen molar-refractivity contribution in [1.29, 1.82) is 0 Å². The molecule has 142 valence electrons. The molecule has 2 rings (SSSR count). The van der Waals surface area contributed by atoms with Gasteiger partial charge in [0.1, 0.15) is 0 Å². The van der Waals surface area contributed by atoms with Crippen LogP contribution in [0, 0.1) is 10.1 Å². The first kappa shape index (κ1) is 20.0. The molecule has 0 bridgehead atoms. The lowest BCUT2D eigenvalue weighted by atomic mass is 10.1. The monoisotopic (exact) mass is 394 g/mol. The minimum atomic E-state index is -1.24. The number of benzene rings is 2. The van der Waals surface area contributed by atoms with Crippen LogP contribution in [0.2, 0.25) is 5.02 Å². The van der Waals surface area contributed by atoms with Crippen molar-refractivity contribution in [3.05, 3.63) is 62.7 Å². The normalized spacial score (nSPS) is 11.4. The van der Waals surface area contributed by atoms with E-state index >= 15 is 0 Å². The summed E-state index contributed by atoms with van der Waals surface area (Å²) >= 11 is 5.94. The summed E-state index contributed by atoms with van der Waals surface area (Å²) in [6, 6.07) is 6.22. The van der Waals surface area contributed by atoms with E-state index in [-0.39, 0.29) is 33.3 Å². The lowest BCUT2D eigenvalue weighted by molar-refractivity contribution is -0.384. The maximum Gasteiger partial charge on any atom is 0.333 e. The van der Waals surface area contributed by atoms with Crippen LogP contribution in [0.15, 0.2) is 36.4 Å². The summed E-state index contributed by atoms with van der Waals surface area (Å²) in [5.41, 5.74) is -0.0958. The van der Waals surface area contributed by atoms with Gasteiger partial charge in [0.2, 0.25) is 0 Å². The largest absolute Gasteiger partial charge is 0.504 e. The van der Waals surface area contributed by atoms with E-state index in [0.29, 0.717) is 0 Å². The number of phenols is 1. The highest BCUT2D eigenvalue weighted by atomic mass is 35.5. The van der Waals surface area contributed by atoms with Crippen LogP contribution in [-0.4, -0.2) is 36.1 Å². The number of nitrogens with zero attached hydrogens (tertiary/aromatic N) is 1. The molecular formula is C17H15ClN2O7. The van der Waals surface area contributed by atoms with Crippen LogP contribution in [0.25, 0.3) is 0 Å². The Bertz CT molecular complexity index is 901. The maximum atomic E-state index is 12.5. The number of nitro benzene ring substituents is 1. The zero-order valence-electron chi connectivity index (χ0n) is 14.3. The second kappa shape index (κ2) is 8.37. The van der Waals surface area contributed by atoms with Crippen molar-refractivity contribution < 1.29 is 29.1 Å². The molecular weight excluding hydrogens is 380 g/mol. The highest BCUT2D eigenvalue weighted by Gasteiger charge is 2.26. The van der Waals surface area contributed by atoms with Gasteiger partial charge in [-0.3, -0.25) is 14.9 Å². The smallest absolute Gasteiger partial charge is 0.333 e.